The summed E-state index contributed by atoms with van der Waals surface area (Å²) in [7, 11) is 0. The molecule has 3 rings (SSSR count). The maximum Gasteiger partial charge on any atom is 0.307 e. The summed E-state index contributed by atoms with van der Waals surface area (Å²) in [6.45, 7) is 0. The topological polar surface area (TPSA) is 124 Å². The van der Waals surface area contributed by atoms with Gasteiger partial charge in [-0.25, -0.2) is 9.67 Å². The molecule has 0 atom stereocenters. The van der Waals surface area contributed by atoms with E-state index in [1.54, 1.807) is 12.1 Å². The molecule has 1 aromatic carbocycles. The molecule has 0 saturated heterocycles. The zero-order valence-electron chi connectivity index (χ0n) is 10.7. The number of fused-ring (bicyclic) bond motifs is 1. The fourth-order valence-electron chi connectivity index (χ4n) is 2.00. The zero-order chi connectivity index (χ0) is 15.0. The molecule has 0 aliphatic rings. The molecule has 0 bridgehead atoms. The maximum atomic E-state index is 10.7. The van der Waals surface area contributed by atoms with Crippen LogP contribution in [0.1, 0.15) is 5.56 Å². The van der Waals surface area contributed by atoms with E-state index in [1.807, 2.05) is 18.2 Å². The number of amidine groups is 1. The van der Waals surface area contributed by atoms with E-state index in [4.69, 9.17) is 11.1 Å². The number of rotatable bonds is 3. The molecule has 0 radical (unpaired) electrons. The van der Waals surface area contributed by atoms with Crippen LogP contribution in [-0.4, -0.2) is 25.5 Å². The van der Waals surface area contributed by atoms with E-state index in [2.05, 4.69) is 10.1 Å². The largest absolute Gasteiger partial charge is 0.384 e. The van der Waals surface area contributed by atoms with Crippen LogP contribution in [0.2, 0.25) is 0 Å². The van der Waals surface area contributed by atoms with E-state index in [9.17, 15) is 10.1 Å². The molecule has 0 spiro atoms. The molecule has 0 saturated carbocycles. The summed E-state index contributed by atoms with van der Waals surface area (Å²) in [5, 5.41) is 23.1. The fourth-order valence-corrected chi connectivity index (χ4v) is 2.00. The summed E-state index contributed by atoms with van der Waals surface area (Å²) in [6.07, 6.45) is 2.37. The SMILES string of the molecule is N=C(N)c1cc2ccccc2nc1-n1cc([N+](=O)[O-])cn1. The van der Waals surface area contributed by atoms with Crippen LogP contribution >= 0.6 is 0 Å². The number of pyridine rings is 1. The van der Waals surface area contributed by atoms with Crippen LogP contribution in [0.5, 0.6) is 0 Å². The molecule has 2 aromatic heterocycles. The smallest absolute Gasteiger partial charge is 0.307 e. The van der Waals surface area contributed by atoms with Gasteiger partial charge in [-0.05, 0) is 12.1 Å². The first kappa shape index (κ1) is 12.7. The van der Waals surface area contributed by atoms with Crippen LogP contribution in [0.25, 0.3) is 16.7 Å². The Kier molecular flexibility index (Phi) is 2.83. The highest BCUT2D eigenvalue weighted by atomic mass is 16.6. The summed E-state index contributed by atoms with van der Waals surface area (Å²) in [4.78, 5) is 14.6. The number of nitrogens with one attached hydrogen (secondary N) is 1. The van der Waals surface area contributed by atoms with Gasteiger partial charge < -0.3 is 5.73 Å². The minimum Gasteiger partial charge on any atom is -0.384 e. The standard InChI is InChI=1S/C13H10N6O2/c14-12(15)10-5-8-3-1-2-4-11(8)17-13(10)18-7-9(6-16-18)19(20)21/h1-7H,(H3,14,15). The Morgan fingerprint density at radius 2 is 2.14 bits per heavy atom. The normalized spacial score (nSPS) is 10.7. The molecule has 0 unspecified atom stereocenters. The molecule has 8 nitrogen and oxygen atoms in total. The summed E-state index contributed by atoms with van der Waals surface area (Å²) in [5.41, 5.74) is 6.48. The Balaban J connectivity index is 2.25. The highest BCUT2D eigenvalue weighted by Crippen LogP contribution is 2.20. The molecular weight excluding hydrogens is 272 g/mol. The van der Waals surface area contributed by atoms with Gasteiger partial charge in [-0.3, -0.25) is 15.5 Å². The van der Waals surface area contributed by atoms with Crippen molar-refractivity contribution in [2.24, 2.45) is 5.73 Å². The first-order chi connectivity index (χ1) is 10.1. The van der Waals surface area contributed by atoms with Crippen molar-refractivity contribution in [3.63, 3.8) is 0 Å². The van der Waals surface area contributed by atoms with Crippen LogP contribution in [0.15, 0.2) is 42.7 Å². The molecule has 3 N–H and O–H groups in total. The number of nitrogens with zero attached hydrogens (tertiary/aromatic N) is 4. The van der Waals surface area contributed by atoms with E-state index in [-0.39, 0.29) is 17.3 Å². The summed E-state index contributed by atoms with van der Waals surface area (Å²) < 4.78 is 1.25. The summed E-state index contributed by atoms with van der Waals surface area (Å²) in [6, 6.07) is 9.06. The number of benzene rings is 1. The third-order valence-corrected chi connectivity index (χ3v) is 2.99. The van der Waals surface area contributed by atoms with Crippen LogP contribution in [-0.2, 0) is 0 Å². The van der Waals surface area contributed by atoms with Gasteiger partial charge in [-0.15, -0.1) is 0 Å². The van der Waals surface area contributed by atoms with E-state index in [0.29, 0.717) is 11.1 Å². The average Bonchev–Trinajstić information content (AvgIpc) is 2.95. The predicted octanol–water partition coefficient (Wildman–Crippen LogP) is 1.61. The molecule has 0 aliphatic carbocycles. The van der Waals surface area contributed by atoms with Gasteiger partial charge in [0, 0.05) is 5.39 Å². The first-order valence-corrected chi connectivity index (χ1v) is 6.00. The van der Waals surface area contributed by atoms with Gasteiger partial charge in [0.05, 0.1) is 16.0 Å². The Hall–Kier alpha value is -3.29. The van der Waals surface area contributed by atoms with Crippen molar-refractivity contribution in [3.8, 4) is 5.82 Å². The fraction of sp³-hybridized carbons (Fsp3) is 0. The van der Waals surface area contributed by atoms with E-state index in [0.717, 1.165) is 11.6 Å². The molecule has 0 aliphatic heterocycles. The Morgan fingerprint density at radius 3 is 2.81 bits per heavy atom. The van der Waals surface area contributed by atoms with Crippen LogP contribution < -0.4 is 5.73 Å². The van der Waals surface area contributed by atoms with Crippen molar-refractivity contribution in [3.05, 3.63) is 58.4 Å². The number of hydrogen-bond donors (Lipinski definition) is 2. The first-order valence-electron chi connectivity index (χ1n) is 6.00. The van der Waals surface area contributed by atoms with Gasteiger partial charge >= 0.3 is 5.69 Å². The number of hydrogen-bond acceptors (Lipinski definition) is 5. The third-order valence-electron chi connectivity index (χ3n) is 2.99. The Bertz CT molecular complexity index is 870. The van der Waals surface area contributed by atoms with Crippen LogP contribution in [0, 0.1) is 15.5 Å². The predicted molar refractivity (Wildman–Crippen MR) is 76.5 cm³/mol. The van der Waals surface area contributed by atoms with Gasteiger partial charge in [-0.2, -0.15) is 5.10 Å². The molecular formula is C13H10N6O2. The molecule has 0 amide bonds. The lowest BCUT2D eigenvalue weighted by Crippen LogP contribution is -2.16. The highest BCUT2D eigenvalue weighted by molar-refractivity contribution is 6.01. The quantitative estimate of drug-likeness (QED) is 0.327. The number of aromatic nitrogens is 3. The minimum absolute atomic E-state index is 0.153. The number of para-hydroxylation sites is 1. The van der Waals surface area contributed by atoms with E-state index < -0.39 is 4.92 Å². The second-order valence-electron chi connectivity index (χ2n) is 4.37. The van der Waals surface area contributed by atoms with Gasteiger partial charge in [0.1, 0.15) is 18.2 Å². The van der Waals surface area contributed by atoms with Gasteiger partial charge in [0.25, 0.3) is 0 Å². The second kappa shape index (κ2) is 4.67. The lowest BCUT2D eigenvalue weighted by Gasteiger charge is -2.08. The molecule has 104 valence electrons. The third kappa shape index (κ3) is 2.18. The number of nitro groups is 1. The maximum absolute atomic E-state index is 10.7. The van der Waals surface area contributed by atoms with Crippen molar-refractivity contribution < 1.29 is 4.92 Å². The summed E-state index contributed by atoms with van der Waals surface area (Å²) >= 11 is 0. The number of nitrogen functional groups attached to an aromatic ring is 1. The van der Waals surface area contributed by atoms with Crippen LogP contribution in [0.3, 0.4) is 0 Å². The van der Waals surface area contributed by atoms with E-state index >= 15 is 0 Å². The lowest BCUT2D eigenvalue weighted by molar-refractivity contribution is -0.384. The van der Waals surface area contributed by atoms with Gasteiger partial charge in [0.2, 0.25) is 0 Å². The van der Waals surface area contributed by atoms with Crippen molar-refractivity contribution in [2.75, 3.05) is 0 Å². The van der Waals surface area contributed by atoms with Crippen LogP contribution in [0.4, 0.5) is 5.69 Å². The van der Waals surface area contributed by atoms with Gasteiger partial charge in [0.15, 0.2) is 5.82 Å². The number of nitrogens with two attached hydrogens (primary N) is 1. The second-order valence-corrected chi connectivity index (χ2v) is 4.37. The molecule has 3 aromatic rings. The summed E-state index contributed by atoms with van der Waals surface area (Å²) in [5.74, 6) is 0.107. The van der Waals surface area contributed by atoms with Crippen molar-refractivity contribution >= 4 is 22.4 Å². The molecule has 2 heterocycles. The van der Waals surface area contributed by atoms with Gasteiger partial charge in [-0.1, -0.05) is 18.2 Å². The molecule has 21 heavy (non-hydrogen) atoms. The van der Waals surface area contributed by atoms with Crippen molar-refractivity contribution in [1.82, 2.24) is 14.8 Å². The van der Waals surface area contributed by atoms with Crippen molar-refractivity contribution in [2.45, 2.75) is 0 Å². The highest BCUT2D eigenvalue weighted by Gasteiger charge is 2.16. The molecule has 0 fully saturated rings. The Labute approximate surface area is 118 Å². The lowest BCUT2D eigenvalue weighted by atomic mass is 10.1. The average molecular weight is 282 g/mol. The zero-order valence-corrected chi connectivity index (χ0v) is 10.7. The monoisotopic (exact) mass is 282 g/mol. The molecule has 8 heteroatoms. The Morgan fingerprint density at radius 1 is 1.38 bits per heavy atom. The van der Waals surface area contributed by atoms with E-state index in [1.165, 1.54) is 10.9 Å². The van der Waals surface area contributed by atoms with Crippen molar-refractivity contribution in [1.29, 1.82) is 5.41 Å². The minimum atomic E-state index is -0.544.